The Bertz CT molecular complexity index is 1170. The van der Waals surface area contributed by atoms with Gasteiger partial charge in [-0.3, -0.25) is 9.36 Å². The highest BCUT2D eigenvalue weighted by Gasteiger charge is 2.21. The van der Waals surface area contributed by atoms with Crippen LogP contribution < -0.4 is 5.32 Å². The summed E-state index contributed by atoms with van der Waals surface area (Å²) >= 11 is 2.78. The van der Waals surface area contributed by atoms with Crippen molar-refractivity contribution in [1.29, 1.82) is 0 Å². The van der Waals surface area contributed by atoms with Gasteiger partial charge in [0.2, 0.25) is 5.82 Å². The molecule has 0 saturated heterocycles. The smallest absolute Gasteiger partial charge is 0.270 e. The lowest BCUT2D eigenvalue weighted by Crippen LogP contribution is -2.24. The van der Waals surface area contributed by atoms with Crippen LogP contribution in [0.1, 0.15) is 41.7 Å². The van der Waals surface area contributed by atoms with E-state index < -0.39 is 5.82 Å². The first-order valence-corrected chi connectivity index (χ1v) is 12.1. The molecule has 0 aliphatic carbocycles. The minimum absolute atomic E-state index is 0.164. The highest BCUT2D eigenvalue weighted by atomic mass is 32.2. The first-order chi connectivity index (χ1) is 15.7. The number of nitrogens with one attached hydrogen (secondary N) is 1. The number of carbonyl (C=O) groups is 1. The second-order valence-electron chi connectivity index (χ2n) is 6.95. The number of carbonyl (C=O) groups excluding carboxylic acids is 1. The molecule has 0 aliphatic heterocycles. The van der Waals surface area contributed by atoms with E-state index in [1.807, 2.05) is 0 Å². The number of hydrogen-bond acceptors (Lipinski definition) is 7. The number of rotatable bonds is 10. The van der Waals surface area contributed by atoms with E-state index in [4.69, 9.17) is 4.42 Å². The summed E-state index contributed by atoms with van der Waals surface area (Å²) in [5, 5.41) is 14.4. The lowest BCUT2D eigenvalue weighted by atomic mass is 10.2. The SMILES string of the molecule is CCCCCNC(=O)c1csc(CSc2nnc(-c3ccco3)n2-c2ccccc2F)n1. The molecule has 0 spiro atoms. The van der Waals surface area contributed by atoms with Crippen LogP contribution in [0.3, 0.4) is 0 Å². The Balaban J connectivity index is 1.50. The lowest BCUT2D eigenvalue weighted by molar-refractivity contribution is 0.0948. The third-order valence-corrected chi connectivity index (χ3v) is 6.62. The van der Waals surface area contributed by atoms with E-state index in [1.165, 1.54) is 35.4 Å². The number of para-hydroxylation sites is 1. The van der Waals surface area contributed by atoms with Gasteiger partial charge in [0, 0.05) is 11.9 Å². The number of amides is 1. The fourth-order valence-corrected chi connectivity index (χ4v) is 4.79. The quantitative estimate of drug-likeness (QED) is 0.248. The summed E-state index contributed by atoms with van der Waals surface area (Å²) < 4.78 is 21.7. The first kappa shape index (κ1) is 22.2. The van der Waals surface area contributed by atoms with Crippen LogP contribution in [0.2, 0.25) is 0 Å². The van der Waals surface area contributed by atoms with Crippen molar-refractivity contribution in [2.75, 3.05) is 6.54 Å². The largest absolute Gasteiger partial charge is 0.461 e. The van der Waals surface area contributed by atoms with Crippen molar-refractivity contribution in [2.24, 2.45) is 0 Å². The number of thioether (sulfide) groups is 1. The summed E-state index contributed by atoms with van der Waals surface area (Å²) in [4.78, 5) is 16.7. The van der Waals surface area contributed by atoms with Crippen LogP contribution >= 0.6 is 23.1 Å². The standard InChI is InChI=1S/C22H22FN5O2S2/c1-2-3-6-11-24-21(29)16-13-31-19(25-16)14-32-22-27-26-20(18-10-7-12-30-18)28(22)17-9-5-4-8-15(17)23/h4-5,7-10,12-13H,2-3,6,11,14H2,1H3,(H,24,29). The molecule has 1 N–H and O–H groups in total. The molecule has 0 atom stereocenters. The monoisotopic (exact) mass is 471 g/mol. The topological polar surface area (TPSA) is 85.8 Å². The van der Waals surface area contributed by atoms with Gasteiger partial charge in [-0.25, -0.2) is 9.37 Å². The molecule has 0 saturated carbocycles. The van der Waals surface area contributed by atoms with Crippen LogP contribution in [-0.2, 0) is 5.75 Å². The molecule has 1 aromatic carbocycles. The average Bonchev–Trinajstić information content (AvgIpc) is 3.56. The van der Waals surface area contributed by atoms with Gasteiger partial charge >= 0.3 is 0 Å². The van der Waals surface area contributed by atoms with Crippen LogP contribution in [0.5, 0.6) is 0 Å². The fraction of sp³-hybridized carbons (Fsp3) is 0.273. The molecule has 0 unspecified atom stereocenters. The Hall–Kier alpha value is -2.98. The molecule has 10 heteroatoms. The number of hydrogen-bond donors (Lipinski definition) is 1. The molecule has 0 radical (unpaired) electrons. The molecule has 0 fully saturated rings. The highest BCUT2D eigenvalue weighted by molar-refractivity contribution is 7.98. The van der Waals surface area contributed by atoms with Crippen LogP contribution in [0.15, 0.2) is 57.6 Å². The zero-order valence-corrected chi connectivity index (χ0v) is 19.1. The van der Waals surface area contributed by atoms with Crippen molar-refractivity contribution in [3.8, 4) is 17.3 Å². The lowest BCUT2D eigenvalue weighted by Gasteiger charge is -2.09. The Kier molecular flexibility index (Phi) is 7.33. The Morgan fingerprint density at radius 3 is 2.88 bits per heavy atom. The predicted octanol–water partition coefficient (Wildman–Crippen LogP) is 5.34. The van der Waals surface area contributed by atoms with E-state index >= 15 is 0 Å². The molecular weight excluding hydrogens is 449 g/mol. The molecule has 3 aromatic heterocycles. The van der Waals surface area contributed by atoms with Crippen LogP contribution in [0.4, 0.5) is 4.39 Å². The van der Waals surface area contributed by atoms with Crippen molar-refractivity contribution >= 4 is 29.0 Å². The molecule has 32 heavy (non-hydrogen) atoms. The normalized spacial score (nSPS) is 11.1. The minimum Gasteiger partial charge on any atom is -0.461 e. The number of thiazole rings is 1. The minimum atomic E-state index is -0.391. The van der Waals surface area contributed by atoms with Gasteiger partial charge in [-0.1, -0.05) is 43.7 Å². The van der Waals surface area contributed by atoms with Crippen molar-refractivity contribution in [2.45, 2.75) is 37.1 Å². The van der Waals surface area contributed by atoms with E-state index in [1.54, 1.807) is 40.3 Å². The Morgan fingerprint density at radius 1 is 1.22 bits per heavy atom. The Labute approximate surface area is 193 Å². The molecule has 4 rings (SSSR count). The summed E-state index contributed by atoms with van der Waals surface area (Å²) in [6.07, 6.45) is 4.68. The van der Waals surface area contributed by atoms with E-state index in [0.29, 0.717) is 40.4 Å². The zero-order chi connectivity index (χ0) is 22.3. The number of aromatic nitrogens is 4. The van der Waals surface area contributed by atoms with E-state index in [0.717, 1.165) is 24.3 Å². The summed E-state index contributed by atoms with van der Waals surface area (Å²) in [5.74, 6) is 0.817. The molecule has 166 valence electrons. The van der Waals surface area contributed by atoms with Crippen molar-refractivity contribution in [1.82, 2.24) is 25.1 Å². The van der Waals surface area contributed by atoms with E-state index in [2.05, 4.69) is 27.4 Å². The second-order valence-corrected chi connectivity index (χ2v) is 8.83. The zero-order valence-electron chi connectivity index (χ0n) is 17.5. The molecule has 7 nitrogen and oxygen atoms in total. The number of furan rings is 1. The summed E-state index contributed by atoms with van der Waals surface area (Å²) in [6.45, 7) is 2.77. The van der Waals surface area contributed by atoms with Gasteiger partial charge in [0.15, 0.2) is 10.9 Å². The van der Waals surface area contributed by atoms with E-state index in [-0.39, 0.29) is 5.91 Å². The average molecular weight is 472 g/mol. The highest BCUT2D eigenvalue weighted by Crippen LogP contribution is 2.31. The molecule has 0 aliphatic rings. The van der Waals surface area contributed by atoms with Gasteiger partial charge in [0.05, 0.1) is 17.7 Å². The second kappa shape index (κ2) is 10.6. The van der Waals surface area contributed by atoms with Crippen LogP contribution in [-0.4, -0.2) is 32.2 Å². The number of unbranched alkanes of at least 4 members (excludes halogenated alkanes) is 2. The van der Waals surface area contributed by atoms with Crippen molar-refractivity contribution in [3.63, 3.8) is 0 Å². The number of nitrogens with zero attached hydrogens (tertiary/aromatic N) is 4. The Morgan fingerprint density at radius 2 is 2.09 bits per heavy atom. The maximum atomic E-state index is 14.6. The van der Waals surface area contributed by atoms with Gasteiger partial charge in [-0.2, -0.15) is 0 Å². The fourth-order valence-electron chi connectivity index (χ4n) is 3.05. The third kappa shape index (κ3) is 5.08. The summed E-state index contributed by atoms with van der Waals surface area (Å²) in [7, 11) is 0. The summed E-state index contributed by atoms with van der Waals surface area (Å²) in [5.41, 5.74) is 0.742. The molecule has 3 heterocycles. The van der Waals surface area contributed by atoms with Gasteiger partial charge in [-0.05, 0) is 30.7 Å². The molecule has 0 bridgehead atoms. The number of halogens is 1. The maximum Gasteiger partial charge on any atom is 0.270 e. The molecule has 1 amide bonds. The van der Waals surface area contributed by atoms with E-state index in [9.17, 15) is 9.18 Å². The van der Waals surface area contributed by atoms with Crippen molar-refractivity contribution in [3.05, 3.63) is 64.6 Å². The van der Waals surface area contributed by atoms with Crippen LogP contribution in [0, 0.1) is 5.82 Å². The van der Waals surface area contributed by atoms with Gasteiger partial charge < -0.3 is 9.73 Å². The molecule has 4 aromatic rings. The maximum absolute atomic E-state index is 14.6. The number of benzene rings is 1. The van der Waals surface area contributed by atoms with Gasteiger partial charge in [-0.15, -0.1) is 21.5 Å². The van der Waals surface area contributed by atoms with Gasteiger partial charge in [0.25, 0.3) is 5.91 Å². The van der Waals surface area contributed by atoms with Gasteiger partial charge in [0.1, 0.15) is 16.5 Å². The van der Waals surface area contributed by atoms with Crippen molar-refractivity contribution < 1.29 is 13.6 Å². The summed E-state index contributed by atoms with van der Waals surface area (Å²) in [6, 6.07) is 9.94. The third-order valence-electron chi connectivity index (χ3n) is 4.64. The first-order valence-electron chi connectivity index (χ1n) is 10.3. The predicted molar refractivity (Wildman–Crippen MR) is 123 cm³/mol. The molecular formula is C22H22FN5O2S2. The van der Waals surface area contributed by atoms with Crippen LogP contribution in [0.25, 0.3) is 17.3 Å².